The molecule has 25 heavy (non-hydrogen) atoms. The van der Waals surface area contributed by atoms with Crippen molar-refractivity contribution in [2.45, 2.75) is 122 Å². The second kappa shape index (κ2) is 21.9. The standard InChI is InChI=1S/C22H45NOS/c1-2-3-4-5-6-7-8-9-10-11-14-17-20-25-21-18-15-12-13-16-19-22(23)24/h2-21H2,1H3,(H2,23,24). The molecule has 0 fully saturated rings. The molecule has 0 unspecified atom stereocenters. The number of hydrogen-bond donors (Lipinski definition) is 1. The Morgan fingerprint density at radius 1 is 0.600 bits per heavy atom. The number of thioether (sulfide) groups is 1. The molecular formula is C22H45NOS. The zero-order valence-electron chi connectivity index (χ0n) is 17.0. The van der Waals surface area contributed by atoms with Gasteiger partial charge < -0.3 is 5.73 Å². The van der Waals surface area contributed by atoms with Crippen molar-refractivity contribution in [3.05, 3.63) is 0 Å². The SMILES string of the molecule is CCCCCCCCCCCCCCSCCCCCCCC(N)=O. The molecule has 0 aliphatic carbocycles. The lowest BCUT2D eigenvalue weighted by Crippen LogP contribution is -2.09. The van der Waals surface area contributed by atoms with E-state index in [0.29, 0.717) is 6.42 Å². The van der Waals surface area contributed by atoms with Gasteiger partial charge in [0.15, 0.2) is 0 Å². The third kappa shape index (κ3) is 23.8. The van der Waals surface area contributed by atoms with Crippen LogP contribution in [0.15, 0.2) is 0 Å². The van der Waals surface area contributed by atoms with Crippen LogP contribution in [-0.2, 0) is 4.79 Å². The Morgan fingerprint density at radius 2 is 0.960 bits per heavy atom. The van der Waals surface area contributed by atoms with Gasteiger partial charge in [0.2, 0.25) is 5.91 Å². The van der Waals surface area contributed by atoms with E-state index in [9.17, 15) is 4.79 Å². The van der Waals surface area contributed by atoms with Gasteiger partial charge in [0.25, 0.3) is 0 Å². The van der Waals surface area contributed by atoms with Crippen LogP contribution in [0, 0.1) is 0 Å². The molecule has 2 N–H and O–H groups in total. The van der Waals surface area contributed by atoms with Gasteiger partial charge in [-0.15, -0.1) is 0 Å². The number of carbonyl (C=O) groups is 1. The Hall–Kier alpha value is -0.180. The molecule has 150 valence electrons. The number of amides is 1. The summed E-state index contributed by atoms with van der Waals surface area (Å²) in [7, 11) is 0. The van der Waals surface area contributed by atoms with E-state index in [1.54, 1.807) is 0 Å². The topological polar surface area (TPSA) is 43.1 Å². The Kier molecular flexibility index (Phi) is 21.7. The summed E-state index contributed by atoms with van der Waals surface area (Å²) in [5, 5.41) is 0. The van der Waals surface area contributed by atoms with Gasteiger partial charge in [0.1, 0.15) is 0 Å². The molecule has 0 aromatic heterocycles. The molecule has 3 heteroatoms. The first-order valence-electron chi connectivity index (χ1n) is 11.1. The summed E-state index contributed by atoms with van der Waals surface area (Å²) in [4.78, 5) is 10.6. The van der Waals surface area contributed by atoms with Crippen molar-refractivity contribution in [2.75, 3.05) is 11.5 Å². The summed E-state index contributed by atoms with van der Waals surface area (Å²) in [6.45, 7) is 2.29. The van der Waals surface area contributed by atoms with Crippen molar-refractivity contribution in [3.63, 3.8) is 0 Å². The highest BCUT2D eigenvalue weighted by molar-refractivity contribution is 7.99. The minimum absolute atomic E-state index is 0.155. The first-order valence-corrected chi connectivity index (χ1v) is 12.3. The minimum atomic E-state index is -0.155. The minimum Gasteiger partial charge on any atom is -0.370 e. The molecule has 0 aromatic rings. The Morgan fingerprint density at radius 3 is 1.36 bits per heavy atom. The largest absolute Gasteiger partial charge is 0.370 e. The molecule has 1 amide bonds. The Labute approximate surface area is 162 Å². The maximum Gasteiger partial charge on any atom is 0.217 e. The van der Waals surface area contributed by atoms with Gasteiger partial charge in [-0.3, -0.25) is 4.79 Å². The highest BCUT2D eigenvalue weighted by Gasteiger charge is 1.96. The number of unbranched alkanes of at least 4 members (excludes halogenated alkanes) is 15. The van der Waals surface area contributed by atoms with Crippen LogP contribution in [0.1, 0.15) is 122 Å². The maximum absolute atomic E-state index is 10.6. The predicted octanol–water partition coefficient (Wildman–Crippen LogP) is 7.25. The fourth-order valence-corrected chi connectivity index (χ4v) is 4.20. The van der Waals surface area contributed by atoms with E-state index in [1.807, 2.05) is 0 Å². The molecular weight excluding hydrogens is 326 g/mol. The number of nitrogens with two attached hydrogens (primary N) is 1. The monoisotopic (exact) mass is 371 g/mol. The second-order valence-electron chi connectivity index (χ2n) is 7.49. The van der Waals surface area contributed by atoms with Gasteiger partial charge in [0.05, 0.1) is 0 Å². The van der Waals surface area contributed by atoms with Crippen molar-refractivity contribution >= 4 is 17.7 Å². The van der Waals surface area contributed by atoms with Gasteiger partial charge in [-0.1, -0.05) is 96.8 Å². The quantitative estimate of drug-likeness (QED) is 0.216. The van der Waals surface area contributed by atoms with Crippen LogP contribution in [0.4, 0.5) is 0 Å². The summed E-state index contributed by atoms with van der Waals surface area (Å²) >= 11 is 2.13. The molecule has 2 nitrogen and oxygen atoms in total. The smallest absolute Gasteiger partial charge is 0.217 e. The Balaban J connectivity index is 2.97. The fraction of sp³-hybridized carbons (Fsp3) is 0.955. The van der Waals surface area contributed by atoms with Gasteiger partial charge >= 0.3 is 0 Å². The predicted molar refractivity (Wildman–Crippen MR) is 115 cm³/mol. The number of carbonyl (C=O) groups excluding carboxylic acids is 1. The molecule has 0 heterocycles. The van der Waals surface area contributed by atoms with E-state index in [1.165, 1.54) is 108 Å². The molecule has 0 aromatic carbocycles. The molecule has 0 aliphatic rings. The van der Waals surface area contributed by atoms with Gasteiger partial charge in [-0.2, -0.15) is 11.8 Å². The fourth-order valence-electron chi connectivity index (χ4n) is 3.18. The van der Waals surface area contributed by atoms with E-state index >= 15 is 0 Å². The van der Waals surface area contributed by atoms with E-state index in [4.69, 9.17) is 5.73 Å². The van der Waals surface area contributed by atoms with E-state index < -0.39 is 0 Å². The summed E-state index contributed by atoms with van der Waals surface area (Å²) in [5.41, 5.74) is 5.13. The number of rotatable bonds is 21. The van der Waals surface area contributed by atoms with Crippen molar-refractivity contribution < 1.29 is 4.79 Å². The third-order valence-electron chi connectivity index (χ3n) is 4.85. The lowest BCUT2D eigenvalue weighted by atomic mass is 10.1. The third-order valence-corrected chi connectivity index (χ3v) is 6.01. The normalized spacial score (nSPS) is 11.1. The summed E-state index contributed by atoms with van der Waals surface area (Å²) in [6, 6.07) is 0. The van der Waals surface area contributed by atoms with Crippen LogP contribution < -0.4 is 5.73 Å². The van der Waals surface area contributed by atoms with Crippen LogP contribution in [0.5, 0.6) is 0 Å². The lowest BCUT2D eigenvalue weighted by molar-refractivity contribution is -0.118. The molecule has 0 saturated heterocycles. The highest BCUT2D eigenvalue weighted by atomic mass is 32.2. The van der Waals surface area contributed by atoms with Gasteiger partial charge in [-0.25, -0.2) is 0 Å². The lowest BCUT2D eigenvalue weighted by Gasteiger charge is -2.04. The molecule has 0 saturated carbocycles. The van der Waals surface area contributed by atoms with Crippen LogP contribution in [0.2, 0.25) is 0 Å². The van der Waals surface area contributed by atoms with E-state index in [2.05, 4.69) is 18.7 Å². The molecule has 0 aliphatic heterocycles. The van der Waals surface area contributed by atoms with Gasteiger partial charge in [0, 0.05) is 6.42 Å². The van der Waals surface area contributed by atoms with E-state index in [-0.39, 0.29) is 5.91 Å². The second-order valence-corrected chi connectivity index (χ2v) is 8.71. The van der Waals surface area contributed by atoms with Gasteiger partial charge in [-0.05, 0) is 30.8 Å². The maximum atomic E-state index is 10.6. The van der Waals surface area contributed by atoms with Crippen LogP contribution >= 0.6 is 11.8 Å². The van der Waals surface area contributed by atoms with Crippen molar-refractivity contribution in [1.29, 1.82) is 0 Å². The molecule has 0 bridgehead atoms. The molecule has 0 rings (SSSR count). The number of primary amides is 1. The molecule has 0 spiro atoms. The van der Waals surface area contributed by atoms with Crippen LogP contribution in [0.3, 0.4) is 0 Å². The zero-order chi connectivity index (χ0) is 18.4. The van der Waals surface area contributed by atoms with Crippen molar-refractivity contribution in [2.24, 2.45) is 5.73 Å². The summed E-state index contributed by atoms with van der Waals surface area (Å²) in [5.74, 6) is 2.51. The average molecular weight is 372 g/mol. The Bertz CT molecular complexity index is 271. The first-order chi connectivity index (χ1) is 12.3. The number of hydrogen-bond acceptors (Lipinski definition) is 2. The highest BCUT2D eigenvalue weighted by Crippen LogP contribution is 2.14. The molecule has 0 radical (unpaired) electrons. The first kappa shape index (κ1) is 24.8. The van der Waals surface area contributed by atoms with Crippen LogP contribution in [0.25, 0.3) is 0 Å². The van der Waals surface area contributed by atoms with E-state index in [0.717, 1.165) is 12.8 Å². The average Bonchev–Trinajstić information content (AvgIpc) is 2.60. The summed E-state index contributed by atoms with van der Waals surface area (Å²) in [6.07, 6.45) is 23.8. The van der Waals surface area contributed by atoms with Crippen molar-refractivity contribution in [1.82, 2.24) is 0 Å². The molecule has 0 atom stereocenters. The zero-order valence-corrected chi connectivity index (χ0v) is 17.9. The van der Waals surface area contributed by atoms with Crippen molar-refractivity contribution in [3.8, 4) is 0 Å². The summed E-state index contributed by atoms with van der Waals surface area (Å²) < 4.78 is 0. The van der Waals surface area contributed by atoms with Crippen LogP contribution in [-0.4, -0.2) is 17.4 Å².